The molecule has 1 aliphatic heterocycles. The van der Waals surface area contributed by atoms with Gasteiger partial charge in [-0.05, 0) is 37.1 Å². The molecule has 1 aromatic heterocycles. The van der Waals surface area contributed by atoms with Crippen LogP contribution >= 0.6 is 0 Å². The van der Waals surface area contributed by atoms with Crippen LogP contribution in [-0.4, -0.2) is 59.6 Å². The van der Waals surface area contributed by atoms with Crippen molar-refractivity contribution in [1.82, 2.24) is 14.2 Å². The molecule has 1 fully saturated rings. The molecule has 0 spiro atoms. The Labute approximate surface area is 203 Å². The SMILES string of the molecule is Cc1ccc(-c2cnc(CCC(=O)N3CCN(S(=O)(=O)c4cccc([N+](=O)[O-])c4)CC3)o2)cc1C. The van der Waals surface area contributed by atoms with Crippen LogP contribution in [-0.2, 0) is 21.2 Å². The fraction of sp³-hybridized carbons (Fsp3) is 0.333. The van der Waals surface area contributed by atoms with Gasteiger partial charge in [0.15, 0.2) is 11.7 Å². The molecule has 3 aromatic rings. The van der Waals surface area contributed by atoms with Crippen molar-refractivity contribution < 1.29 is 22.6 Å². The van der Waals surface area contributed by atoms with Gasteiger partial charge in [0.05, 0.1) is 16.0 Å². The van der Waals surface area contributed by atoms with Gasteiger partial charge in [-0.1, -0.05) is 18.2 Å². The summed E-state index contributed by atoms with van der Waals surface area (Å²) >= 11 is 0. The third kappa shape index (κ3) is 5.41. The number of piperazine rings is 1. The van der Waals surface area contributed by atoms with Crippen molar-refractivity contribution in [2.75, 3.05) is 26.2 Å². The van der Waals surface area contributed by atoms with E-state index in [9.17, 15) is 23.3 Å². The van der Waals surface area contributed by atoms with Crippen molar-refractivity contribution in [3.63, 3.8) is 0 Å². The number of aromatic nitrogens is 1. The van der Waals surface area contributed by atoms with Gasteiger partial charge in [-0.3, -0.25) is 14.9 Å². The summed E-state index contributed by atoms with van der Waals surface area (Å²) in [4.78, 5) is 28.8. The first-order valence-corrected chi connectivity index (χ1v) is 12.6. The summed E-state index contributed by atoms with van der Waals surface area (Å²) in [6.45, 7) is 4.79. The van der Waals surface area contributed by atoms with Crippen LogP contribution in [0.3, 0.4) is 0 Å². The van der Waals surface area contributed by atoms with Gasteiger partial charge in [-0.15, -0.1) is 0 Å². The highest BCUT2D eigenvalue weighted by Crippen LogP contribution is 2.24. The van der Waals surface area contributed by atoms with Gasteiger partial charge in [-0.25, -0.2) is 13.4 Å². The zero-order chi connectivity index (χ0) is 25.2. The van der Waals surface area contributed by atoms with Crippen molar-refractivity contribution in [2.24, 2.45) is 0 Å². The van der Waals surface area contributed by atoms with Crippen LogP contribution in [0.25, 0.3) is 11.3 Å². The number of oxazole rings is 1. The van der Waals surface area contributed by atoms with E-state index in [1.807, 2.05) is 32.0 Å². The van der Waals surface area contributed by atoms with Crippen LogP contribution in [0.1, 0.15) is 23.4 Å². The van der Waals surface area contributed by atoms with Gasteiger partial charge in [0.2, 0.25) is 15.9 Å². The van der Waals surface area contributed by atoms with Gasteiger partial charge in [0, 0.05) is 56.7 Å². The lowest BCUT2D eigenvalue weighted by atomic mass is 10.1. The molecular weight excluding hydrogens is 472 g/mol. The Bertz CT molecular complexity index is 1360. The number of amides is 1. The maximum atomic E-state index is 12.9. The minimum absolute atomic E-state index is 0.108. The Morgan fingerprint density at radius 2 is 1.83 bits per heavy atom. The second kappa shape index (κ2) is 9.96. The second-order valence-corrected chi connectivity index (χ2v) is 10.4. The molecule has 184 valence electrons. The Kier molecular flexibility index (Phi) is 6.99. The first kappa shape index (κ1) is 24.6. The minimum atomic E-state index is -3.89. The molecule has 2 heterocycles. The van der Waals surface area contributed by atoms with E-state index in [0.717, 1.165) is 17.2 Å². The first-order valence-electron chi connectivity index (χ1n) is 11.2. The number of nitro benzene ring substituents is 1. The van der Waals surface area contributed by atoms with Crippen LogP contribution < -0.4 is 0 Å². The topological polar surface area (TPSA) is 127 Å². The highest BCUT2D eigenvalue weighted by molar-refractivity contribution is 7.89. The predicted octanol–water partition coefficient (Wildman–Crippen LogP) is 3.33. The number of rotatable bonds is 7. The number of benzene rings is 2. The summed E-state index contributed by atoms with van der Waals surface area (Å²) in [6.07, 6.45) is 2.20. The number of hydrogen-bond donors (Lipinski definition) is 0. The van der Waals surface area contributed by atoms with Crippen molar-refractivity contribution >= 4 is 21.6 Å². The van der Waals surface area contributed by atoms with Gasteiger partial charge < -0.3 is 9.32 Å². The van der Waals surface area contributed by atoms with Crippen LogP contribution in [0, 0.1) is 24.0 Å². The maximum Gasteiger partial charge on any atom is 0.270 e. The molecular formula is C24H26N4O6S. The lowest BCUT2D eigenvalue weighted by Gasteiger charge is -2.34. The molecule has 1 aliphatic rings. The smallest absolute Gasteiger partial charge is 0.270 e. The van der Waals surface area contributed by atoms with Crippen molar-refractivity contribution in [1.29, 1.82) is 0 Å². The lowest BCUT2D eigenvalue weighted by Crippen LogP contribution is -2.50. The normalized spacial score (nSPS) is 14.7. The third-order valence-corrected chi connectivity index (χ3v) is 8.05. The summed E-state index contributed by atoms with van der Waals surface area (Å²) in [5.41, 5.74) is 2.99. The Balaban J connectivity index is 1.32. The standard InChI is InChI=1S/C24H26N4O6S/c1-17-6-7-19(14-18(17)2)22-16-25-23(34-22)8-9-24(29)26-10-12-27(13-11-26)35(32,33)21-5-3-4-20(15-21)28(30)31/h3-7,14-16H,8-13H2,1-2H3. The largest absolute Gasteiger partial charge is 0.441 e. The van der Waals surface area contributed by atoms with E-state index in [1.165, 1.54) is 28.1 Å². The average molecular weight is 499 g/mol. The lowest BCUT2D eigenvalue weighted by molar-refractivity contribution is -0.385. The van der Waals surface area contributed by atoms with E-state index in [2.05, 4.69) is 4.98 Å². The summed E-state index contributed by atoms with van der Waals surface area (Å²) in [5.74, 6) is 1.01. The molecule has 0 N–H and O–H groups in total. The van der Waals surface area contributed by atoms with E-state index < -0.39 is 14.9 Å². The van der Waals surface area contributed by atoms with Crippen molar-refractivity contribution in [2.45, 2.75) is 31.6 Å². The molecule has 35 heavy (non-hydrogen) atoms. The van der Waals surface area contributed by atoms with E-state index >= 15 is 0 Å². The molecule has 0 aliphatic carbocycles. The Hall–Kier alpha value is -3.57. The number of nitro groups is 1. The average Bonchev–Trinajstić information content (AvgIpc) is 3.33. The summed E-state index contributed by atoms with van der Waals surface area (Å²) in [5, 5.41) is 11.0. The third-order valence-electron chi connectivity index (χ3n) is 6.16. The molecule has 0 unspecified atom stereocenters. The number of carbonyl (C=O) groups excluding carboxylic acids is 1. The highest BCUT2D eigenvalue weighted by atomic mass is 32.2. The number of non-ortho nitro benzene ring substituents is 1. The van der Waals surface area contributed by atoms with Crippen molar-refractivity contribution in [3.8, 4) is 11.3 Å². The van der Waals surface area contributed by atoms with Gasteiger partial charge in [0.1, 0.15) is 0 Å². The van der Waals surface area contributed by atoms with Crippen LogP contribution in [0.15, 0.2) is 58.0 Å². The first-order chi connectivity index (χ1) is 16.6. The highest BCUT2D eigenvalue weighted by Gasteiger charge is 2.31. The van der Waals surface area contributed by atoms with Crippen LogP contribution in [0.5, 0.6) is 0 Å². The molecule has 1 saturated heterocycles. The number of aryl methyl sites for hydroxylation is 3. The van der Waals surface area contributed by atoms with Crippen molar-refractivity contribution in [3.05, 3.63) is 75.8 Å². The van der Waals surface area contributed by atoms with Crippen LogP contribution in [0.4, 0.5) is 5.69 Å². The molecule has 0 saturated carbocycles. The molecule has 0 atom stereocenters. The number of hydrogen-bond acceptors (Lipinski definition) is 7. The second-order valence-electron chi connectivity index (χ2n) is 8.46. The summed E-state index contributed by atoms with van der Waals surface area (Å²) < 4.78 is 32.8. The molecule has 11 heteroatoms. The Morgan fingerprint density at radius 3 is 2.51 bits per heavy atom. The fourth-order valence-corrected chi connectivity index (χ4v) is 5.37. The monoisotopic (exact) mass is 498 g/mol. The number of sulfonamides is 1. The van der Waals surface area contributed by atoms with E-state index in [1.54, 1.807) is 11.1 Å². The zero-order valence-electron chi connectivity index (χ0n) is 19.5. The van der Waals surface area contributed by atoms with Crippen LogP contribution in [0.2, 0.25) is 0 Å². The minimum Gasteiger partial charge on any atom is -0.441 e. The molecule has 10 nitrogen and oxygen atoms in total. The summed E-state index contributed by atoms with van der Waals surface area (Å²) in [6, 6.07) is 11.0. The van der Waals surface area contributed by atoms with Gasteiger partial charge in [-0.2, -0.15) is 4.31 Å². The molecule has 1 amide bonds. The van der Waals surface area contributed by atoms with Gasteiger partial charge in [0.25, 0.3) is 5.69 Å². The molecule has 0 bridgehead atoms. The fourth-order valence-electron chi connectivity index (χ4n) is 3.91. The zero-order valence-corrected chi connectivity index (χ0v) is 20.3. The number of nitrogens with zero attached hydrogens (tertiary/aromatic N) is 4. The maximum absolute atomic E-state index is 12.9. The molecule has 2 aromatic carbocycles. The molecule has 4 rings (SSSR count). The quantitative estimate of drug-likeness (QED) is 0.361. The predicted molar refractivity (Wildman–Crippen MR) is 128 cm³/mol. The van der Waals surface area contributed by atoms with Gasteiger partial charge >= 0.3 is 0 Å². The number of carbonyl (C=O) groups is 1. The molecule has 0 radical (unpaired) electrons. The Morgan fingerprint density at radius 1 is 1.09 bits per heavy atom. The van der Waals surface area contributed by atoms with E-state index in [-0.39, 0.29) is 49.1 Å². The van der Waals surface area contributed by atoms with E-state index in [0.29, 0.717) is 18.1 Å². The van der Waals surface area contributed by atoms with E-state index in [4.69, 9.17) is 4.42 Å². The summed E-state index contributed by atoms with van der Waals surface area (Å²) in [7, 11) is -3.89.